The number of carbonyl (C=O) groups excluding carboxylic acids is 2. The van der Waals surface area contributed by atoms with Crippen LogP contribution in [0.5, 0.6) is 0 Å². The summed E-state index contributed by atoms with van der Waals surface area (Å²) in [7, 11) is 0. The van der Waals surface area contributed by atoms with Crippen molar-refractivity contribution in [2.75, 3.05) is 0 Å². The Labute approximate surface area is 175 Å². The first-order chi connectivity index (χ1) is 14.8. The molecule has 2 aromatic carbocycles. The molecule has 0 bridgehead atoms. The molecule has 0 saturated carbocycles. The molecule has 0 aliphatic carbocycles. The summed E-state index contributed by atoms with van der Waals surface area (Å²) in [5.41, 5.74) is -2.56. The summed E-state index contributed by atoms with van der Waals surface area (Å²) in [5, 5.41) is 1.76. The molecule has 0 spiro atoms. The number of rotatable bonds is 5. The van der Waals surface area contributed by atoms with E-state index in [0.717, 1.165) is 11.2 Å². The summed E-state index contributed by atoms with van der Waals surface area (Å²) in [6.07, 6.45) is -4.05. The number of nitrogens with one attached hydrogen (secondary N) is 1. The maximum atomic E-state index is 14.3. The zero-order valence-electron chi connectivity index (χ0n) is 16.0. The van der Waals surface area contributed by atoms with Gasteiger partial charge in [-0.2, -0.15) is 13.2 Å². The van der Waals surface area contributed by atoms with Crippen molar-refractivity contribution in [2.45, 2.75) is 18.4 Å². The van der Waals surface area contributed by atoms with E-state index in [-0.39, 0.29) is 18.1 Å². The molecule has 9 heteroatoms. The Morgan fingerprint density at radius 3 is 2.23 bits per heavy atom. The Morgan fingerprint density at radius 2 is 1.65 bits per heavy atom. The Bertz CT molecular complexity index is 1110. The van der Waals surface area contributed by atoms with Crippen LogP contribution < -0.4 is 5.32 Å². The number of aliphatic imine (C=N–C) groups is 1. The maximum absolute atomic E-state index is 14.3. The number of halogens is 3. The van der Waals surface area contributed by atoms with Gasteiger partial charge in [0.2, 0.25) is 0 Å². The summed E-state index contributed by atoms with van der Waals surface area (Å²) in [6, 6.07) is 19.1. The highest BCUT2D eigenvalue weighted by Gasteiger charge is 2.67. The SMILES string of the molecule is O=C(NC1(C(F)(F)F)N=C(c2ccccc2)N(Cc2ccccc2)C1=O)c1ccco1. The van der Waals surface area contributed by atoms with Crippen LogP contribution in [0.25, 0.3) is 0 Å². The molecular formula is C22H16F3N3O3. The standard InChI is InChI=1S/C22H16F3N3O3/c23-22(24,25)21(27-19(29)17-12-7-13-31-17)20(30)28(14-15-8-3-1-4-9-15)18(26-21)16-10-5-2-6-11-16/h1-13H,14H2,(H,27,29). The minimum atomic E-state index is -5.20. The van der Waals surface area contributed by atoms with Crippen molar-refractivity contribution in [3.63, 3.8) is 0 Å². The molecule has 1 atom stereocenters. The number of benzene rings is 2. The zero-order chi connectivity index (χ0) is 22.1. The highest BCUT2D eigenvalue weighted by Crippen LogP contribution is 2.39. The van der Waals surface area contributed by atoms with Crippen molar-refractivity contribution in [2.24, 2.45) is 4.99 Å². The predicted octanol–water partition coefficient (Wildman–Crippen LogP) is 3.76. The molecule has 3 aromatic rings. The first-order valence-corrected chi connectivity index (χ1v) is 9.26. The largest absolute Gasteiger partial charge is 0.459 e. The molecular weight excluding hydrogens is 411 g/mol. The maximum Gasteiger partial charge on any atom is 0.442 e. The summed E-state index contributed by atoms with van der Waals surface area (Å²) in [6.45, 7) is -0.151. The summed E-state index contributed by atoms with van der Waals surface area (Å²) in [4.78, 5) is 30.3. The Morgan fingerprint density at radius 1 is 1.00 bits per heavy atom. The van der Waals surface area contributed by atoms with Gasteiger partial charge in [0.1, 0.15) is 5.84 Å². The van der Waals surface area contributed by atoms with E-state index in [1.165, 1.54) is 12.1 Å². The molecule has 1 unspecified atom stereocenters. The Hall–Kier alpha value is -3.88. The van der Waals surface area contributed by atoms with Gasteiger partial charge in [-0.1, -0.05) is 60.7 Å². The molecule has 1 aromatic heterocycles. The summed E-state index contributed by atoms with van der Waals surface area (Å²) in [5.74, 6) is -3.16. The van der Waals surface area contributed by atoms with Crippen molar-refractivity contribution in [1.82, 2.24) is 10.2 Å². The lowest BCUT2D eigenvalue weighted by atomic mass is 10.1. The lowest BCUT2D eigenvalue weighted by Crippen LogP contribution is -2.63. The topological polar surface area (TPSA) is 74.9 Å². The summed E-state index contributed by atoms with van der Waals surface area (Å²) < 4.78 is 47.7. The average Bonchev–Trinajstić information content (AvgIpc) is 3.38. The molecule has 0 radical (unpaired) electrons. The fourth-order valence-electron chi connectivity index (χ4n) is 3.25. The zero-order valence-corrected chi connectivity index (χ0v) is 16.0. The van der Waals surface area contributed by atoms with Gasteiger partial charge in [0.05, 0.1) is 12.8 Å². The molecule has 6 nitrogen and oxygen atoms in total. The molecule has 0 fully saturated rings. The smallest absolute Gasteiger partial charge is 0.442 e. The van der Waals surface area contributed by atoms with Gasteiger partial charge in [-0.15, -0.1) is 0 Å². The molecule has 0 saturated heterocycles. The quantitative estimate of drug-likeness (QED) is 0.674. The number of nitrogens with zero attached hydrogens (tertiary/aromatic N) is 2. The first kappa shape index (κ1) is 20.4. The fraction of sp³-hybridized carbons (Fsp3) is 0.136. The van der Waals surface area contributed by atoms with E-state index in [0.29, 0.717) is 11.1 Å². The van der Waals surface area contributed by atoms with Crippen molar-refractivity contribution < 1.29 is 27.2 Å². The van der Waals surface area contributed by atoms with E-state index in [9.17, 15) is 22.8 Å². The van der Waals surface area contributed by atoms with Gasteiger partial charge in [0.25, 0.3) is 11.8 Å². The van der Waals surface area contributed by atoms with Gasteiger partial charge in [-0.05, 0) is 17.7 Å². The van der Waals surface area contributed by atoms with Crippen molar-refractivity contribution >= 4 is 17.6 Å². The monoisotopic (exact) mass is 427 g/mol. The van der Waals surface area contributed by atoms with Crippen LogP contribution in [0.2, 0.25) is 0 Å². The minimum absolute atomic E-state index is 0.151. The number of carbonyl (C=O) groups is 2. The molecule has 4 rings (SSSR count). The molecule has 1 aliphatic rings. The first-order valence-electron chi connectivity index (χ1n) is 9.26. The van der Waals surface area contributed by atoms with Crippen LogP contribution in [0, 0.1) is 0 Å². The number of furan rings is 1. The average molecular weight is 427 g/mol. The predicted molar refractivity (Wildman–Crippen MR) is 105 cm³/mol. The van der Waals surface area contributed by atoms with Gasteiger partial charge in [-0.25, -0.2) is 4.99 Å². The van der Waals surface area contributed by atoms with Crippen LogP contribution in [-0.4, -0.2) is 34.4 Å². The van der Waals surface area contributed by atoms with Gasteiger partial charge in [-0.3, -0.25) is 14.5 Å². The third kappa shape index (κ3) is 3.70. The molecule has 1 N–H and O–H groups in total. The van der Waals surface area contributed by atoms with Crippen molar-refractivity contribution in [3.05, 3.63) is 95.9 Å². The van der Waals surface area contributed by atoms with Crippen LogP contribution in [0.3, 0.4) is 0 Å². The second-order valence-electron chi connectivity index (χ2n) is 6.82. The van der Waals surface area contributed by atoms with Gasteiger partial charge in [0, 0.05) is 5.56 Å². The highest BCUT2D eigenvalue weighted by molar-refractivity contribution is 6.16. The van der Waals surface area contributed by atoms with Crippen molar-refractivity contribution in [1.29, 1.82) is 0 Å². The molecule has 1 aliphatic heterocycles. The van der Waals surface area contributed by atoms with E-state index in [1.54, 1.807) is 66.0 Å². The van der Waals surface area contributed by atoms with E-state index in [1.807, 2.05) is 0 Å². The molecule has 2 heterocycles. The Kier molecular flexibility index (Phi) is 5.10. The van der Waals surface area contributed by atoms with Gasteiger partial charge >= 0.3 is 11.8 Å². The lowest BCUT2D eigenvalue weighted by molar-refractivity contribution is -0.196. The second-order valence-corrected chi connectivity index (χ2v) is 6.82. The van der Waals surface area contributed by atoms with Crippen LogP contribution in [0.1, 0.15) is 21.7 Å². The third-order valence-corrected chi connectivity index (χ3v) is 4.75. The number of hydrogen-bond donors (Lipinski definition) is 1. The van der Waals surface area contributed by atoms with Gasteiger partial charge in [0.15, 0.2) is 5.76 Å². The fourth-order valence-corrected chi connectivity index (χ4v) is 3.25. The number of amides is 2. The van der Waals surface area contributed by atoms with Crippen LogP contribution in [0.4, 0.5) is 13.2 Å². The molecule has 158 valence electrons. The highest BCUT2D eigenvalue weighted by atomic mass is 19.4. The van der Waals surface area contributed by atoms with Crippen molar-refractivity contribution in [3.8, 4) is 0 Å². The van der Waals surface area contributed by atoms with Crippen LogP contribution in [-0.2, 0) is 11.3 Å². The lowest BCUT2D eigenvalue weighted by Gasteiger charge is -2.28. The van der Waals surface area contributed by atoms with E-state index in [4.69, 9.17) is 4.42 Å². The summed E-state index contributed by atoms with van der Waals surface area (Å²) >= 11 is 0. The van der Waals surface area contributed by atoms with E-state index < -0.39 is 23.7 Å². The van der Waals surface area contributed by atoms with E-state index in [2.05, 4.69) is 4.99 Å². The molecule has 2 amide bonds. The van der Waals surface area contributed by atoms with Crippen LogP contribution in [0.15, 0.2) is 88.5 Å². The van der Waals surface area contributed by atoms with Gasteiger partial charge < -0.3 is 9.73 Å². The van der Waals surface area contributed by atoms with E-state index >= 15 is 0 Å². The third-order valence-electron chi connectivity index (χ3n) is 4.75. The van der Waals surface area contributed by atoms with Crippen LogP contribution >= 0.6 is 0 Å². The Balaban J connectivity index is 1.81. The minimum Gasteiger partial charge on any atom is -0.459 e. The number of amidine groups is 1. The molecule has 31 heavy (non-hydrogen) atoms. The second kappa shape index (κ2) is 7.75. The number of alkyl halides is 3. The normalized spacial score (nSPS) is 18.7. The number of hydrogen-bond acceptors (Lipinski definition) is 4.